The minimum atomic E-state index is -3.53. The number of methoxy groups -OCH3 is 1. The second-order valence-electron chi connectivity index (χ2n) is 8.19. The van der Waals surface area contributed by atoms with Gasteiger partial charge in [0, 0.05) is 31.7 Å². The molecule has 0 aromatic heterocycles. The number of carbonyl (C=O) groups is 1. The second-order valence-corrected chi connectivity index (χ2v) is 10.1. The molecular weight excluding hydrogens is 452 g/mol. The Morgan fingerprint density at radius 2 is 1.74 bits per heavy atom. The fourth-order valence-corrected chi connectivity index (χ4v) is 5.40. The van der Waals surface area contributed by atoms with E-state index in [-0.39, 0.29) is 12.5 Å². The van der Waals surface area contributed by atoms with E-state index in [1.54, 1.807) is 37.6 Å². The summed E-state index contributed by atoms with van der Waals surface area (Å²) in [6.45, 7) is 3.67. The van der Waals surface area contributed by atoms with Crippen LogP contribution in [0.25, 0.3) is 10.8 Å². The highest BCUT2D eigenvalue weighted by Gasteiger charge is 2.28. The molecule has 0 atom stereocenters. The van der Waals surface area contributed by atoms with E-state index in [2.05, 4.69) is 10.5 Å². The van der Waals surface area contributed by atoms with Gasteiger partial charge in [-0.3, -0.25) is 9.69 Å². The summed E-state index contributed by atoms with van der Waals surface area (Å²) in [6.07, 6.45) is 1.59. The molecular formula is C25H28N4O4S. The summed E-state index contributed by atoms with van der Waals surface area (Å²) in [5.41, 5.74) is 4.37. The van der Waals surface area contributed by atoms with E-state index in [0.717, 1.165) is 21.9 Å². The molecule has 0 radical (unpaired) electrons. The number of aryl methyl sites for hydroxylation is 1. The number of amides is 1. The van der Waals surface area contributed by atoms with Crippen molar-refractivity contribution >= 4 is 32.9 Å². The van der Waals surface area contributed by atoms with Crippen LogP contribution in [0.5, 0.6) is 5.75 Å². The van der Waals surface area contributed by atoms with Gasteiger partial charge < -0.3 is 4.74 Å². The zero-order valence-corrected chi connectivity index (χ0v) is 20.1. The molecule has 8 nitrogen and oxygen atoms in total. The highest BCUT2D eigenvalue weighted by molar-refractivity contribution is 7.89. The Bertz CT molecular complexity index is 1300. The molecule has 0 aliphatic carbocycles. The van der Waals surface area contributed by atoms with E-state index >= 15 is 0 Å². The maximum atomic E-state index is 12.8. The lowest BCUT2D eigenvalue weighted by Gasteiger charge is -2.33. The van der Waals surface area contributed by atoms with Crippen molar-refractivity contribution in [2.45, 2.75) is 11.8 Å². The lowest BCUT2D eigenvalue weighted by atomic mass is 10.0. The third-order valence-electron chi connectivity index (χ3n) is 5.89. The molecule has 0 bridgehead atoms. The van der Waals surface area contributed by atoms with Gasteiger partial charge in [-0.15, -0.1) is 0 Å². The average molecular weight is 481 g/mol. The van der Waals surface area contributed by atoms with E-state index < -0.39 is 10.0 Å². The van der Waals surface area contributed by atoms with Crippen LogP contribution in [-0.4, -0.2) is 69.6 Å². The molecule has 1 fully saturated rings. The molecule has 4 rings (SSSR count). The molecule has 0 saturated carbocycles. The van der Waals surface area contributed by atoms with Gasteiger partial charge >= 0.3 is 0 Å². The standard InChI is InChI=1S/C25H28N4O4S/c1-19-7-10-21(11-8-19)34(31,32)29-15-13-28(14-16-29)18-25(30)27-26-17-23-22-6-4-3-5-20(22)9-12-24(23)33-2/h3-12,17H,13-16,18H2,1-2H3,(H,27,30). The quantitative estimate of drug-likeness (QED) is 0.415. The first-order valence-electron chi connectivity index (χ1n) is 11.1. The number of fused-ring (bicyclic) bond motifs is 1. The van der Waals surface area contributed by atoms with Crippen LogP contribution < -0.4 is 10.2 Å². The normalized spacial score (nSPS) is 15.6. The lowest BCUT2D eigenvalue weighted by molar-refractivity contribution is -0.122. The van der Waals surface area contributed by atoms with Crippen LogP contribution in [0, 0.1) is 6.92 Å². The van der Waals surface area contributed by atoms with Gasteiger partial charge in [0.15, 0.2) is 0 Å². The molecule has 1 aliphatic rings. The van der Waals surface area contributed by atoms with Crippen molar-refractivity contribution in [2.24, 2.45) is 5.10 Å². The Morgan fingerprint density at radius 1 is 1.03 bits per heavy atom. The van der Waals surface area contributed by atoms with Gasteiger partial charge in [0.25, 0.3) is 5.91 Å². The monoisotopic (exact) mass is 480 g/mol. The minimum absolute atomic E-state index is 0.141. The highest BCUT2D eigenvalue weighted by atomic mass is 32.2. The van der Waals surface area contributed by atoms with E-state index in [9.17, 15) is 13.2 Å². The van der Waals surface area contributed by atoms with Crippen molar-refractivity contribution in [3.8, 4) is 5.75 Å². The molecule has 3 aromatic rings. The predicted octanol–water partition coefficient (Wildman–Crippen LogP) is 2.61. The number of hydrazone groups is 1. The maximum Gasteiger partial charge on any atom is 0.254 e. The van der Waals surface area contributed by atoms with Crippen LogP contribution in [0.1, 0.15) is 11.1 Å². The van der Waals surface area contributed by atoms with Crippen LogP contribution in [-0.2, 0) is 14.8 Å². The van der Waals surface area contributed by atoms with Crippen molar-refractivity contribution in [3.63, 3.8) is 0 Å². The Morgan fingerprint density at radius 3 is 2.44 bits per heavy atom. The fraction of sp³-hybridized carbons (Fsp3) is 0.280. The smallest absolute Gasteiger partial charge is 0.254 e. The minimum Gasteiger partial charge on any atom is -0.496 e. The summed E-state index contributed by atoms with van der Waals surface area (Å²) >= 11 is 0. The van der Waals surface area contributed by atoms with Gasteiger partial charge in [0.2, 0.25) is 10.0 Å². The number of ether oxygens (including phenoxy) is 1. The van der Waals surface area contributed by atoms with Crippen LogP contribution in [0.4, 0.5) is 0 Å². The van der Waals surface area contributed by atoms with Crippen molar-refractivity contribution in [1.82, 2.24) is 14.6 Å². The van der Waals surface area contributed by atoms with Crippen LogP contribution in [0.3, 0.4) is 0 Å². The van der Waals surface area contributed by atoms with Gasteiger partial charge in [-0.1, -0.05) is 48.0 Å². The number of sulfonamides is 1. The molecule has 9 heteroatoms. The largest absolute Gasteiger partial charge is 0.496 e. The number of hydrogen-bond acceptors (Lipinski definition) is 6. The molecule has 1 aliphatic heterocycles. The summed E-state index contributed by atoms with van der Waals surface area (Å²) in [5, 5.41) is 6.16. The Balaban J connectivity index is 1.33. The molecule has 178 valence electrons. The molecule has 1 heterocycles. The van der Waals surface area contributed by atoms with Crippen molar-refractivity contribution in [2.75, 3.05) is 39.8 Å². The van der Waals surface area contributed by atoms with Gasteiger partial charge in [-0.05, 0) is 35.9 Å². The van der Waals surface area contributed by atoms with E-state index in [1.807, 2.05) is 48.2 Å². The number of rotatable bonds is 7. The number of nitrogens with one attached hydrogen (secondary N) is 1. The molecule has 0 unspecified atom stereocenters. The van der Waals surface area contributed by atoms with E-state index in [4.69, 9.17) is 4.74 Å². The Kier molecular flexibility index (Phi) is 7.26. The summed E-state index contributed by atoms with van der Waals surface area (Å²) < 4.78 is 32.6. The summed E-state index contributed by atoms with van der Waals surface area (Å²) in [4.78, 5) is 14.6. The first-order valence-corrected chi connectivity index (χ1v) is 12.5. The van der Waals surface area contributed by atoms with E-state index in [1.165, 1.54) is 4.31 Å². The first kappa shape index (κ1) is 23.9. The Hall–Kier alpha value is -3.27. The number of hydrogen-bond donors (Lipinski definition) is 1. The third-order valence-corrected chi connectivity index (χ3v) is 7.80. The van der Waals surface area contributed by atoms with Gasteiger partial charge in [0.05, 0.1) is 24.8 Å². The molecule has 1 amide bonds. The summed E-state index contributed by atoms with van der Waals surface area (Å²) in [5.74, 6) is 0.410. The highest BCUT2D eigenvalue weighted by Crippen LogP contribution is 2.26. The van der Waals surface area contributed by atoms with Crippen LogP contribution in [0.2, 0.25) is 0 Å². The topological polar surface area (TPSA) is 91.3 Å². The van der Waals surface area contributed by atoms with Crippen molar-refractivity contribution in [3.05, 3.63) is 71.8 Å². The third kappa shape index (κ3) is 5.27. The molecule has 0 spiro atoms. The van der Waals surface area contributed by atoms with Gasteiger partial charge in [-0.25, -0.2) is 13.8 Å². The summed E-state index contributed by atoms with van der Waals surface area (Å²) in [6, 6.07) is 18.6. The fourth-order valence-electron chi connectivity index (χ4n) is 3.98. The number of nitrogens with zero attached hydrogens (tertiary/aromatic N) is 3. The van der Waals surface area contributed by atoms with Crippen LogP contribution >= 0.6 is 0 Å². The van der Waals surface area contributed by atoms with Gasteiger partial charge in [0.1, 0.15) is 5.75 Å². The zero-order valence-electron chi connectivity index (χ0n) is 19.3. The van der Waals surface area contributed by atoms with Gasteiger partial charge in [-0.2, -0.15) is 9.41 Å². The van der Waals surface area contributed by atoms with E-state index in [0.29, 0.717) is 36.8 Å². The Labute approximate surface area is 199 Å². The lowest BCUT2D eigenvalue weighted by Crippen LogP contribution is -2.50. The maximum absolute atomic E-state index is 12.8. The number of benzene rings is 3. The average Bonchev–Trinajstić information content (AvgIpc) is 2.84. The first-order chi connectivity index (χ1) is 16.4. The van der Waals surface area contributed by atoms with Crippen LogP contribution in [0.15, 0.2) is 70.7 Å². The number of carbonyl (C=O) groups excluding carboxylic acids is 1. The summed E-state index contributed by atoms with van der Waals surface area (Å²) in [7, 11) is -1.93. The predicted molar refractivity (Wildman–Crippen MR) is 133 cm³/mol. The molecule has 34 heavy (non-hydrogen) atoms. The van der Waals surface area contributed by atoms with Crippen molar-refractivity contribution in [1.29, 1.82) is 0 Å². The van der Waals surface area contributed by atoms with Crippen molar-refractivity contribution < 1.29 is 17.9 Å². The molecule has 3 aromatic carbocycles. The SMILES string of the molecule is COc1ccc2ccccc2c1C=NNC(=O)CN1CCN(S(=O)(=O)c2ccc(C)cc2)CC1. The number of piperazine rings is 1. The molecule has 1 saturated heterocycles. The second kappa shape index (κ2) is 10.3. The molecule has 1 N–H and O–H groups in total. The zero-order chi connectivity index (χ0) is 24.1.